The van der Waals surface area contributed by atoms with Crippen molar-refractivity contribution in [3.63, 3.8) is 0 Å². The summed E-state index contributed by atoms with van der Waals surface area (Å²) < 4.78 is 0. The Morgan fingerprint density at radius 1 is 1.13 bits per heavy atom. The van der Waals surface area contributed by atoms with Crippen LogP contribution in [-0.2, 0) is 4.79 Å². The van der Waals surface area contributed by atoms with Gasteiger partial charge in [0.15, 0.2) is 0 Å². The van der Waals surface area contributed by atoms with E-state index < -0.39 is 0 Å². The van der Waals surface area contributed by atoms with Gasteiger partial charge in [-0.05, 0) is 24.7 Å². The lowest BCUT2D eigenvalue weighted by Crippen LogP contribution is -2.25. The molecule has 0 aromatic heterocycles. The maximum Gasteiger partial charge on any atom is 0.137 e. The van der Waals surface area contributed by atoms with Gasteiger partial charge >= 0.3 is 0 Å². The molecule has 0 saturated carbocycles. The van der Waals surface area contributed by atoms with E-state index >= 15 is 0 Å². The first-order valence-corrected chi connectivity index (χ1v) is 6.20. The molecule has 0 rings (SSSR count). The third-order valence-corrected chi connectivity index (χ3v) is 2.70. The quantitative estimate of drug-likeness (QED) is 0.673. The van der Waals surface area contributed by atoms with E-state index in [1.165, 1.54) is 0 Å². The maximum absolute atomic E-state index is 11.8. The molecule has 0 amide bonds. The molecule has 90 valence electrons. The van der Waals surface area contributed by atoms with Crippen LogP contribution in [0.15, 0.2) is 0 Å². The van der Waals surface area contributed by atoms with E-state index in [0.717, 1.165) is 19.3 Å². The van der Waals surface area contributed by atoms with Crippen LogP contribution in [0.5, 0.6) is 0 Å². The second-order valence-electron chi connectivity index (χ2n) is 5.31. The highest BCUT2D eigenvalue weighted by Gasteiger charge is 2.17. The molecule has 0 aliphatic rings. The minimum absolute atomic E-state index is 0.0946. The lowest BCUT2D eigenvalue weighted by molar-refractivity contribution is -0.123. The Hall–Kier alpha value is -0.370. The van der Waals surface area contributed by atoms with Gasteiger partial charge in [0.2, 0.25) is 0 Å². The van der Waals surface area contributed by atoms with E-state index in [1.54, 1.807) is 0 Å². The fourth-order valence-electron chi connectivity index (χ4n) is 1.82. The summed E-state index contributed by atoms with van der Waals surface area (Å²) in [7, 11) is 0. The van der Waals surface area contributed by atoms with Crippen LogP contribution in [0, 0.1) is 17.8 Å². The number of carbonyl (C=O) groups excluding carboxylic acids is 1. The number of hydrogen-bond donors (Lipinski definition) is 1. The van der Waals surface area contributed by atoms with Gasteiger partial charge in [0.1, 0.15) is 5.78 Å². The average Bonchev–Trinajstić information content (AvgIpc) is 2.13. The molecule has 0 spiro atoms. The molecule has 2 heteroatoms. The van der Waals surface area contributed by atoms with E-state index in [2.05, 4.69) is 27.7 Å². The second kappa shape index (κ2) is 7.86. The third kappa shape index (κ3) is 7.55. The number of carbonyl (C=O) groups is 1. The van der Waals surface area contributed by atoms with Gasteiger partial charge < -0.3 is 5.73 Å². The Balaban J connectivity index is 3.83. The first-order valence-electron chi connectivity index (χ1n) is 6.20. The van der Waals surface area contributed by atoms with Gasteiger partial charge in [-0.2, -0.15) is 0 Å². The van der Waals surface area contributed by atoms with E-state index in [1.807, 2.05) is 0 Å². The van der Waals surface area contributed by atoms with Crippen molar-refractivity contribution in [2.24, 2.45) is 23.5 Å². The van der Waals surface area contributed by atoms with Crippen molar-refractivity contribution in [2.75, 3.05) is 6.54 Å². The zero-order valence-electron chi connectivity index (χ0n) is 10.8. The van der Waals surface area contributed by atoms with Crippen LogP contribution in [0.1, 0.15) is 53.4 Å². The molecule has 0 aromatic rings. The van der Waals surface area contributed by atoms with E-state index in [0.29, 0.717) is 30.6 Å². The van der Waals surface area contributed by atoms with E-state index in [4.69, 9.17) is 5.73 Å². The fourth-order valence-corrected chi connectivity index (χ4v) is 1.82. The van der Waals surface area contributed by atoms with E-state index in [-0.39, 0.29) is 5.92 Å². The molecule has 0 heterocycles. The summed E-state index contributed by atoms with van der Waals surface area (Å²) in [6, 6.07) is 0. The van der Waals surface area contributed by atoms with Gasteiger partial charge in [-0.15, -0.1) is 0 Å². The topological polar surface area (TPSA) is 43.1 Å². The Labute approximate surface area is 94.6 Å². The van der Waals surface area contributed by atoms with Crippen molar-refractivity contribution in [2.45, 2.75) is 53.4 Å². The first kappa shape index (κ1) is 14.6. The Morgan fingerprint density at radius 2 is 1.73 bits per heavy atom. The number of ketones is 1. The van der Waals surface area contributed by atoms with Crippen molar-refractivity contribution in [3.8, 4) is 0 Å². The standard InChI is InChI=1S/C13H27NO/c1-10(2)6-5-7-13(15)12(9-14)8-11(3)4/h10-12H,5-9,14H2,1-4H3. The largest absolute Gasteiger partial charge is 0.330 e. The molecule has 15 heavy (non-hydrogen) atoms. The summed E-state index contributed by atoms with van der Waals surface area (Å²) in [6.07, 6.45) is 3.82. The molecule has 1 atom stereocenters. The Kier molecular flexibility index (Phi) is 7.67. The highest BCUT2D eigenvalue weighted by Crippen LogP contribution is 2.15. The van der Waals surface area contributed by atoms with Gasteiger partial charge in [0.05, 0.1) is 0 Å². The minimum atomic E-state index is 0.0946. The predicted molar refractivity (Wildman–Crippen MR) is 65.7 cm³/mol. The van der Waals surface area contributed by atoms with Gasteiger partial charge in [-0.1, -0.05) is 34.1 Å². The third-order valence-electron chi connectivity index (χ3n) is 2.70. The molecule has 0 bridgehead atoms. The number of nitrogens with two attached hydrogens (primary N) is 1. The average molecular weight is 213 g/mol. The highest BCUT2D eigenvalue weighted by atomic mass is 16.1. The SMILES string of the molecule is CC(C)CCCC(=O)C(CN)CC(C)C. The molecule has 0 saturated heterocycles. The van der Waals surface area contributed by atoms with Crippen molar-refractivity contribution >= 4 is 5.78 Å². The van der Waals surface area contributed by atoms with E-state index in [9.17, 15) is 4.79 Å². The number of hydrogen-bond acceptors (Lipinski definition) is 2. The first-order chi connectivity index (χ1) is 6.97. The van der Waals surface area contributed by atoms with Crippen LogP contribution in [-0.4, -0.2) is 12.3 Å². The van der Waals surface area contributed by atoms with Crippen LogP contribution in [0.4, 0.5) is 0 Å². The van der Waals surface area contributed by atoms with Crippen molar-refractivity contribution in [3.05, 3.63) is 0 Å². The highest BCUT2D eigenvalue weighted by molar-refractivity contribution is 5.81. The summed E-state index contributed by atoms with van der Waals surface area (Å²) >= 11 is 0. The van der Waals surface area contributed by atoms with Gasteiger partial charge in [0, 0.05) is 18.9 Å². The molecule has 0 radical (unpaired) electrons. The lowest BCUT2D eigenvalue weighted by atomic mass is 9.90. The maximum atomic E-state index is 11.8. The van der Waals surface area contributed by atoms with Crippen LogP contribution in [0.2, 0.25) is 0 Å². The van der Waals surface area contributed by atoms with Gasteiger partial charge in [-0.3, -0.25) is 4.79 Å². The van der Waals surface area contributed by atoms with Crippen LogP contribution in [0.25, 0.3) is 0 Å². The summed E-state index contributed by atoms with van der Waals surface area (Å²) in [5, 5.41) is 0. The summed E-state index contributed by atoms with van der Waals surface area (Å²) in [5.74, 6) is 1.72. The summed E-state index contributed by atoms with van der Waals surface area (Å²) in [6.45, 7) is 9.19. The normalized spacial score (nSPS) is 13.5. The van der Waals surface area contributed by atoms with Gasteiger partial charge in [-0.25, -0.2) is 0 Å². The van der Waals surface area contributed by atoms with Crippen LogP contribution < -0.4 is 5.73 Å². The molecule has 0 aromatic carbocycles. The van der Waals surface area contributed by atoms with Crippen LogP contribution in [0.3, 0.4) is 0 Å². The van der Waals surface area contributed by atoms with Gasteiger partial charge in [0.25, 0.3) is 0 Å². The summed E-state index contributed by atoms with van der Waals surface area (Å²) in [5.41, 5.74) is 5.63. The zero-order chi connectivity index (χ0) is 11.8. The summed E-state index contributed by atoms with van der Waals surface area (Å²) in [4.78, 5) is 11.8. The molecule has 2 N–H and O–H groups in total. The minimum Gasteiger partial charge on any atom is -0.330 e. The van der Waals surface area contributed by atoms with Crippen molar-refractivity contribution in [1.29, 1.82) is 0 Å². The Morgan fingerprint density at radius 3 is 2.13 bits per heavy atom. The number of rotatable bonds is 8. The number of Topliss-reactive ketones (excluding diaryl/α,β-unsaturated/α-hetero) is 1. The molecule has 1 unspecified atom stereocenters. The molecule has 2 nitrogen and oxygen atoms in total. The van der Waals surface area contributed by atoms with Crippen molar-refractivity contribution < 1.29 is 4.79 Å². The zero-order valence-corrected chi connectivity index (χ0v) is 10.8. The van der Waals surface area contributed by atoms with Crippen molar-refractivity contribution in [1.82, 2.24) is 0 Å². The monoisotopic (exact) mass is 213 g/mol. The molecular formula is C13H27NO. The molecular weight excluding hydrogens is 186 g/mol. The lowest BCUT2D eigenvalue weighted by Gasteiger charge is -2.15. The fraction of sp³-hybridized carbons (Fsp3) is 0.923. The Bertz CT molecular complexity index is 175. The molecule has 0 aliphatic carbocycles. The molecule has 0 aliphatic heterocycles. The second-order valence-corrected chi connectivity index (χ2v) is 5.31. The smallest absolute Gasteiger partial charge is 0.137 e. The predicted octanol–water partition coefficient (Wildman–Crippen LogP) is 3.00. The van der Waals surface area contributed by atoms with Crippen LogP contribution >= 0.6 is 0 Å². The molecule has 0 fully saturated rings.